The van der Waals surface area contributed by atoms with E-state index in [-0.39, 0.29) is 11.9 Å². The van der Waals surface area contributed by atoms with E-state index in [1.165, 1.54) is 5.56 Å². The second-order valence-electron chi connectivity index (χ2n) is 7.04. The smallest absolute Gasteiger partial charge is 0.259 e. The van der Waals surface area contributed by atoms with Gasteiger partial charge < -0.3 is 14.3 Å². The van der Waals surface area contributed by atoms with E-state index in [1.54, 1.807) is 31.4 Å². The van der Waals surface area contributed by atoms with E-state index in [0.29, 0.717) is 33.8 Å². The number of aryl methyl sites for hydroxylation is 3. The van der Waals surface area contributed by atoms with E-state index in [9.17, 15) is 4.79 Å². The van der Waals surface area contributed by atoms with Gasteiger partial charge in [-0.05, 0) is 57.0 Å². The van der Waals surface area contributed by atoms with Crippen LogP contribution in [0.25, 0.3) is 22.6 Å². The molecular weight excluding hydrogens is 354 g/mol. The van der Waals surface area contributed by atoms with Gasteiger partial charge in [-0.3, -0.25) is 4.79 Å². The lowest BCUT2D eigenvalue weighted by molar-refractivity contribution is 0.0941. The van der Waals surface area contributed by atoms with E-state index >= 15 is 0 Å². The molecule has 28 heavy (non-hydrogen) atoms. The van der Waals surface area contributed by atoms with Crippen molar-refractivity contribution < 1.29 is 13.7 Å². The van der Waals surface area contributed by atoms with Crippen LogP contribution in [0.4, 0.5) is 0 Å². The fourth-order valence-corrected chi connectivity index (χ4v) is 3.49. The molecule has 3 heterocycles. The Kier molecular flexibility index (Phi) is 4.47. The number of pyridine rings is 1. The number of fused-ring (bicyclic) bond motifs is 1. The largest absolute Gasteiger partial charge is 0.463 e. The fourth-order valence-electron chi connectivity index (χ4n) is 3.49. The molecule has 0 fully saturated rings. The highest BCUT2D eigenvalue weighted by molar-refractivity contribution is 6.07. The van der Waals surface area contributed by atoms with Crippen LogP contribution in [0.1, 0.15) is 45.7 Å². The summed E-state index contributed by atoms with van der Waals surface area (Å²) in [5.74, 6) is 0.353. The van der Waals surface area contributed by atoms with Crippen molar-refractivity contribution >= 4 is 17.0 Å². The van der Waals surface area contributed by atoms with Crippen LogP contribution in [0.5, 0.6) is 0 Å². The van der Waals surface area contributed by atoms with Gasteiger partial charge >= 0.3 is 0 Å². The summed E-state index contributed by atoms with van der Waals surface area (Å²) in [6.45, 7) is 7.87. The van der Waals surface area contributed by atoms with Crippen molar-refractivity contribution in [1.29, 1.82) is 0 Å². The molecule has 0 aliphatic rings. The molecule has 4 aromatic rings. The van der Waals surface area contributed by atoms with Gasteiger partial charge in [-0.15, -0.1) is 0 Å². The van der Waals surface area contributed by atoms with Crippen molar-refractivity contribution in [3.63, 3.8) is 0 Å². The Morgan fingerprint density at radius 2 is 1.96 bits per heavy atom. The van der Waals surface area contributed by atoms with Gasteiger partial charge in [-0.1, -0.05) is 28.9 Å². The van der Waals surface area contributed by atoms with Crippen molar-refractivity contribution in [2.45, 2.75) is 33.7 Å². The van der Waals surface area contributed by atoms with Crippen LogP contribution in [0, 0.1) is 20.8 Å². The van der Waals surface area contributed by atoms with Crippen LogP contribution in [0.15, 0.2) is 51.6 Å². The summed E-state index contributed by atoms with van der Waals surface area (Å²) in [5.41, 5.74) is 5.35. The normalized spacial score (nSPS) is 12.3. The molecule has 1 N–H and O–H groups in total. The van der Waals surface area contributed by atoms with E-state index in [0.717, 1.165) is 11.1 Å². The Labute approximate surface area is 162 Å². The SMILES string of the molecule is Cc1ccc([C@H](C)NC(=O)c2cc(-c3ccco3)nc3onc(C)c23)c(C)c1. The van der Waals surface area contributed by atoms with Crippen LogP contribution in [-0.4, -0.2) is 16.0 Å². The summed E-state index contributed by atoms with van der Waals surface area (Å²) >= 11 is 0. The Bertz CT molecular complexity index is 1160. The minimum Gasteiger partial charge on any atom is -0.463 e. The van der Waals surface area contributed by atoms with Gasteiger partial charge in [0.25, 0.3) is 11.6 Å². The molecule has 0 radical (unpaired) electrons. The maximum absolute atomic E-state index is 13.2. The van der Waals surface area contributed by atoms with E-state index in [2.05, 4.69) is 47.5 Å². The number of carbonyl (C=O) groups is 1. The molecule has 0 spiro atoms. The zero-order chi connectivity index (χ0) is 19.8. The Morgan fingerprint density at radius 3 is 2.68 bits per heavy atom. The Balaban J connectivity index is 1.73. The van der Waals surface area contributed by atoms with Crippen LogP contribution < -0.4 is 5.32 Å². The molecule has 6 heteroatoms. The van der Waals surface area contributed by atoms with Gasteiger partial charge in [0.1, 0.15) is 5.69 Å². The molecule has 142 valence electrons. The minimum absolute atomic E-state index is 0.149. The first kappa shape index (κ1) is 18.0. The molecule has 0 saturated heterocycles. The summed E-state index contributed by atoms with van der Waals surface area (Å²) in [6.07, 6.45) is 1.56. The van der Waals surface area contributed by atoms with Crippen molar-refractivity contribution in [3.8, 4) is 11.5 Å². The lowest BCUT2D eigenvalue weighted by Crippen LogP contribution is -2.27. The zero-order valence-corrected chi connectivity index (χ0v) is 16.2. The summed E-state index contributed by atoms with van der Waals surface area (Å²) in [5, 5.41) is 7.67. The van der Waals surface area contributed by atoms with Gasteiger partial charge in [0, 0.05) is 0 Å². The third-order valence-electron chi connectivity index (χ3n) is 4.87. The van der Waals surface area contributed by atoms with E-state index < -0.39 is 0 Å². The van der Waals surface area contributed by atoms with Gasteiger partial charge in [0.15, 0.2) is 5.76 Å². The third-order valence-corrected chi connectivity index (χ3v) is 4.87. The van der Waals surface area contributed by atoms with Gasteiger partial charge in [-0.2, -0.15) is 0 Å². The number of benzene rings is 1. The van der Waals surface area contributed by atoms with Gasteiger partial charge in [-0.25, -0.2) is 4.98 Å². The Hall–Kier alpha value is -3.41. The van der Waals surface area contributed by atoms with Crippen LogP contribution in [0.3, 0.4) is 0 Å². The first-order valence-electron chi connectivity index (χ1n) is 9.13. The first-order valence-corrected chi connectivity index (χ1v) is 9.13. The Morgan fingerprint density at radius 1 is 1.14 bits per heavy atom. The number of nitrogens with zero attached hydrogens (tertiary/aromatic N) is 2. The lowest BCUT2D eigenvalue weighted by atomic mass is 9.99. The van der Waals surface area contributed by atoms with Crippen LogP contribution in [0.2, 0.25) is 0 Å². The molecule has 1 aromatic carbocycles. The zero-order valence-electron chi connectivity index (χ0n) is 16.2. The molecular formula is C22H21N3O3. The standard InChI is InChI=1S/C22H21N3O3/c1-12-7-8-16(13(2)10-12)14(3)23-21(26)17-11-18(19-6-5-9-27-19)24-22-20(17)15(4)25-28-22/h5-11,14H,1-4H3,(H,23,26)/t14-/m0/s1. The topological polar surface area (TPSA) is 81.2 Å². The second kappa shape index (κ2) is 6.96. The predicted octanol–water partition coefficient (Wildman–Crippen LogP) is 4.90. The molecule has 4 rings (SSSR count). The van der Waals surface area contributed by atoms with Crippen molar-refractivity contribution in [1.82, 2.24) is 15.5 Å². The van der Waals surface area contributed by atoms with Gasteiger partial charge in [0.05, 0.1) is 28.9 Å². The summed E-state index contributed by atoms with van der Waals surface area (Å²) in [4.78, 5) is 17.6. The van der Waals surface area contributed by atoms with Crippen molar-refractivity contribution in [2.75, 3.05) is 0 Å². The summed E-state index contributed by atoms with van der Waals surface area (Å²) in [7, 11) is 0. The van der Waals surface area contributed by atoms with Crippen LogP contribution >= 0.6 is 0 Å². The number of hydrogen-bond acceptors (Lipinski definition) is 5. The highest BCUT2D eigenvalue weighted by atomic mass is 16.5. The number of nitrogens with one attached hydrogen (secondary N) is 1. The van der Waals surface area contributed by atoms with Gasteiger partial charge in [0.2, 0.25) is 0 Å². The van der Waals surface area contributed by atoms with E-state index in [4.69, 9.17) is 8.94 Å². The molecule has 0 bridgehead atoms. The third kappa shape index (κ3) is 3.17. The quantitative estimate of drug-likeness (QED) is 0.549. The van der Waals surface area contributed by atoms with Crippen molar-refractivity contribution in [2.24, 2.45) is 0 Å². The molecule has 1 amide bonds. The first-order chi connectivity index (χ1) is 13.4. The second-order valence-corrected chi connectivity index (χ2v) is 7.04. The average Bonchev–Trinajstić information content (AvgIpc) is 3.31. The molecule has 1 atom stereocenters. The number of aromatic nitrogens is 2. The maximum atomic E-state index is 13.2. The number of rotatable bonds is 4. The van der Waals surface area contributed by atoms with E-state index in [1.807, 2.05) is 6.92 Å². The number of furan rings is 1. The number of amides is 1. The lowest BCUT2D eigenvalue weighted by Gasteiger charge is -2.17. The molecule has 0 saturated carbocycles. The molecule has 0 aliphatic carbocycles. The molecule has 6 nitrogen and oxygen atoms in total. The average molecular weight is 375 g/mol. The molecule has 0 unspecified atom stereocenters. The summed E-state index contributed by atoms with van der Waals surface area (Å²) in [6, 6.07) is 11.3. The molecule has 3 aromatic heterocycles. The predicted molar refractivity (Wildman–Crippen MR) is 106 cm³/mol. The number of hydrogen-bond donors (Lipinski definition) is 1. The van der Waals surface area contributed by atoms with Crippen molar-refractivity contribution in [3.05, 3.63) is 70.6 Å². The minimum atomic E-state index is -0.209. The number of carbonyl (C=O) groups excluding carboxylic acids is 1. The highest BCUT2D eigenvalue weighted by Gasteiger charge is 2.22. The fraction of sp³-hybridized carbons (Fsp3) is 0.227. The summed E-state index contributed by atoms with van der Waals surface area (Å²) < 4.78 is 10.7. The maximum Gasteiger partial charge on any atom is 0.259 e. The highest BCUT2D eigenvalue weighted by Crippen LogP contribution is 2.28. The van der Waals surface area contributed by atoms with Crippen LogP contribution in [-0.2, 0) is 0 Å². The molecule has 0 aliphatic heterocycles. The monoisotopic (exact) mass is 375 g/mol.